The van der Waals surface area contributed by atoms with Gasteiger partial charge in [0.15, 0.2) is 0 Å². The minimum absolute atomic E-state index is 0. The van der Waals surface area contributed by atoms with Gasteiger partial charge in [-0.25, -0.2) is 4.98 Å². The molecule has 4 nitrogen and oxygen atoms in total. The van der Waals surface area contributed by atoms with Gasteiger partial charge in [-0.05, 0) is 25.5 Å². The Morgan fingerprint density at radius 1 is 1.36 bits per heavy atom. The van der Waals surface area contributed by atoms with E-state index in [1.165, 1.54) is 5.57 Å². The Hall–Kier alpha value is -1.39. The monoisotopic (exact) mass is 309 g/mol. The molecule has 1 fully saturated rings. The second kappa shape index (κ2) is 14.5. The lowest BCUT2D eigenvalue weighted by Crippen LogP contribution is -2.39. The first-order chi connectivity index (χ1) is 10.7. The third kappa shape index (κ3) is 11.3. The molecule has 1 saturated heterocycles. The maximum Gasteiger partial charge on any atom is 0.125 e. The van der Waals surface area contributed by atoms with E-state index < -0.39 is 0 Å². The minimum Gasteiger partial charge on any atom is -0.379 e. The van der Waals surface area contributed by atoms with Crippen molar-refractivity contribution in [1.82, 2.24) is 9.88 Å². The zero-order chi connectivity index (χ0) is 16.6. The third-order valence-electron chi connectivity index (χ3n) is 3.11. The van der Waals surface area contributed by atoms with E-state index in [1.807, 2.05) is 39.0 Å². The fourth-order valence-corrected chi connectivity index (χ4v) is 1.63. The molecule has 1 aliphatic heterocycles. The number of ether oxygens (including phenoxy) is 1. The Morgan fingerprint density at radius 3 is 2.50 bits per heavy atom. The molecule has 2 heterocycles. The largest absolute Gasteiger partial charge is 0.379 e. The van der Waals surface area contributed by atoms with Crippen LogP contribution in [0.25, 0.3) is 0 Å². The van der Waals surface area contributed by atoms with Crippen molar-refractivity contribution in [3.8, 4) is 0 Å². The smallest absolute Gasteiger partial charge is 0.125 e. The number of hydrogen-bond donors (Lipinski definition) is 1. The molecule has 4 heteroatoms. The number of pyridine rings is 1. The number of nitrogens with one attached hydrogen (secondary N) is 1. The number of anilines is 1. The Balaban J connectivity index is 0. The Morgan fingerprint density at radius 2 is 2.00 bits per heavy atom. The highest BCUT2D eigenvalue weighted by molar-refractivity contribution is 5.32. The van der Waals surface area contributed by atoms with Gasteiger partial charge >= 0.3 is 0 Å². The molecule has 0 spiro atoms. The average Bonchev–Trinajstić information content (AvgIpc) is 2.59. The summed E-state index contributed by atoms with van der Waals surface area (Å²) in [5.41, 5.74) is 1.25. The second-order valence-electron chi connectivity index (χ2n) is 4.91. The fourth-order valence-electron chi connectivity index (χ4n) is 1.63. The van der Waals surface area contributed by atoms with Gasteiger partial charge in [0.1, 0.15) is 5.82 Å². The van der Waals surface area contributed by atoms with Crippen LogP contribution in [0.5, 0.6) is 0 Å². The molecule has 0 saturated carbocycles. The molecule has 1 N–H and O–H groups in total. The number of rotatable bonds is 5. The molecule has 0 bridgehead atoms. The number of allylic oxidation sites excluding steroid dienone is 1. The molecule has 2 rings (SSSR count). The highest BCUT2D eigenvalue weighted by atomic mass is 16.5. The van der Waals surface area contributed by atoms with Crippen LogP contribution in [-0.2, 0) is 4.74 Å². The zero-order valence-electron chi connectivity index (χ0n) is 14.8. The molecule has 0 aromatic carbocycles. The topological polar surface area (TPSA) is 37.4 Å². The van der Waals surface area contributed by atoms with E-state index in [0.717, 1.165) is 51.6 Å². The first kappa shape index (κ1) is 20.6. The third-order valence-corrected chi connectivity index (χ3v) is 3.11. The Bertz CT molecular complexity index is 368. The van der Waals surface area contributed by atoms with E-state index in [2.05, 4.69) is 28.7 Å². The first-order valence-electron chi connectivity index (χ1n) is 8.31. The van der Waals surface area contributed by atoms with Crippen LogP contribution < -0.4 is 5.32 Å². The van der Waals surface area contributed by atoms with E-state index in [-0.39, 0.29) is 1.43 Å². The summed E-state index contributed by atoms with van der Waals surface area (Å²) < 4.78 is 5.29. The normalized spacial score (nSPS) is 14.0. The predicted octanol–water partition coefficient (Wildman–Crippen LogP) is 4.07. The minimum atomic E-state index is 0. The maximum atomic E-state index is 5.29. The van der Waals surface area contributed by atoms with Crippen molar-refractivity contribution in [2.24, 2.45) is 0 Å². The van der Waals surface area contributed by atoms with E-state index in [0.29, 0.717) is 0 Å². The highest BCUT2D eigenvalue weighted by Crippen LogP contribution is 2.00. The van der Waals surface area contributed by atoms with Gasteiger partial charge in [0.2, 0.25) is 0 Å². The molecular formula is C18H35N3O. The van der Waals surface area contributed by atoms with Gasteiger partial charge in [-0.3, -0.25) is 4.90 Å². The molecule has 0 atom stereocenters. The number of nitrogens with zero attached hydrogens (tertiary/aromatic N) is 2. The average molecular weight is 309 g/mol. The van der Waals surface area contributed by atoms with Gasteiger partial charge in [-0.1, -0.05) is 32.4 Å². The van der Waals surface area contributed by atoms with Crippen LogP contribution in [0.4, 0.5) is 5.82 Å². The van der Waals surface area contributed by atoms with Crippen LogP contribution in [0.3, 0.4) is 0 Å². The summed E-state index contributed by atoms with van der Waals surface area (Å²) in [6, 6.07) is 5.90. The maximum absolute atomic E-state index is 5.29. The number of morpholine rings is 1. The quantitative estimate of drug-likeness (QED) is 0.832. The van der Waals surface area contributed by atoms with Gasteiger partial charge in [0, 0.05) is 33.8 Å². The molecule has 0 aliphatic carbocycles. The summed E-state index contributed by atoms with van der Waals surface area (Å²) in [7, 11) is 0. The van der Waals surface area contributed by atoms with Crippen LogP contribution in [0.15, 0.2) is 36.5 Å². The molecular weight excluding hydrogens is 274 g/mol. The summed E-state index contributed by atoms with van der Waals surface area (Å²) in [4.78, 5) is 6.61. The van der Waals surface area contributed by atoms with Crippen LogP contribution in [0.2, 0.25) is 0 Å². The molecule has 0 radical (unpaired) electrons. The van der Waals surface area contributed by atoms with Crippen LogP contribution in [-0.4, -0.2) is 49.3 Å². The van der Waals surface area contributed by atoms with E-state index >= 15 is 0 Å². The molecule has 1 aromatic rings. The summed E-state index contributed by atoms with van der Waals surface area (Å²) >= 11 is 0. The summed E-state index contributed by atoms with van der Waals surface area (Å²) in [6.07, 6.45) is 2.91. The van der Waals surface area contributed by atoms with Crippen molar-refractivity contribution >= 4 is 5.82 Å². The second-order valence-corrected chi connectivity index (χ2v) is 4.91. The molecule has 0 unspecified atom stereocenters. The van der Waals surface area contributed by atoms with Crippen molar-refractivity contribution < 1.29 is 6.16 Å². The lowest BCUT2D eigenvalue weighted by molar-refractivity contribution is 0.0398. The van der Waals surface area contributed by atoms with E-state index in [9.17, 15) is 0 Å². The lowest BCUT2D eigenvalue weighted by atomic mass is 10.3. The summed E-state index contributed by atoms with van der Waals surface area (Å²) in [5.74, 6) is 0.950. The van der Waals surface area contributed by atoms with Crippen molar-refractivity contribution in [2.75, 3.05) is 44.7 Å². The van der Waals surface area contributed by atoms with Crippen molar-refractivity contribution in [2.45, 2.75) is 34.1 Å². The molecule has 0 amide bonds. The Kier molecular flexibility index (Phi) is 13.6. The molecule has 128 valence electrons. The van der Waals surface area contributed by atoms with Gasteiger partial charge < -0.3 is 10.1 Å². The number of aromatic nitrogens is 1. The van der Waals surface area contributed by atoms with Crippen LogP contribution in [0, 0.1) is 0 Å². The summed E-state index contributed by atoms with van der Waals surface area (Å²) in [6.45, 7) is 17.6. The van der Waals surface area contributed by atoms with Crippen molar-refractivity contribution in [3.63, 3.8) is 0 Å². The molecule has 22 heavy (non-hydrogen) atoms. The van der Waals surface area contributed by atoms with Gasteiger partial charge in [-0.15, -0.1) is 6.58 Å². The number of hydrogen-bond acceptors (Lipinski definition) is 4. The van der Waals surface area contributed by atoms with E-state index in [1.54, 1.807) is 6.20 Å². The first-order valence-corrected chi connectivity index (χ1v) is 8.31. The summed E-state index contributed by atoms with van der Waals surface area (Å²) in [5, 5.41) is 3.30. The zero-order valence-corrected chi connectivity index (χ0v) is 14.8. The van der Waals surface area contributed by atoms with Gasteiger partial charge in [-0.2, -0.15) is 0 Å². The SMILES string of the molecule is C=C(C)CC.CC.[HH].c1ccc(NCCN2CCOCC2)nc1. The predicted molar refractivity (Wildman–Crippen MR) is 98.6 cm³/mol. The standard InChI is InChI=1S/C11H17N3O.C5H10.C2H6.H2/c1-2-4-12-11(3-1)13-5-6-14-7-9-15-10-8-14;1-4-5(2)3;1-2;/h1-4H,5-10H2,(H,12,13);2,4H2,1,3H3;1-2H3;1H. The lowest BCUT2D eigenvalue weighted by Gasteiger charge is -2.26. The van der Waals surface area contributed by atoms with Crippen molar-refractivity contribution in [1.29, 1.82) is 0 Å². The van der Waals surface area contributed by atoms with Crippen LogP contribution >= 0.6 is 0 Å². The highest BCUT2D eigenvalue weighted by Gasteiger charge is 2.08. The van der Waals surface area contributed by atoms with Crippen molar-refractivity contribution in [3.05, 3.63) is 36.5 Å². The van der Waals surface area contributed by atoms with Gasteiger partial charge in [0.05, 0.1) is 13.2 Å². The Labute approximate surface area is 138 Å². The van der Waals surface area contributed by atoms with Gasteiger partial charge in [0.25, 0.3) is 0 Å². The van der Waals surface area contributed by atoms with E-state index in [4.69, 9.17) is 4.74 Å². The van der Waals surface area contributed by atoms with Crippen LogP contribution in [0.1, 0.15) is 35.5 Å². The molecule has 1 aromatic heterocycles. The molecule has 1 aliphatic rings. The fraction of sp³-hybridized carbons (Fsp3) is 0.611.